The molecule has 9 heteroatoms. The summed E-state index contributed by atoms with van der Waals surface area (Å²) in [6, 6.07) is 9.84. The number of amides is 3. The Kier molecular flexibility index (Phi) is 6.26. The van der Waals surface area contributed by atoms with Gasteiger partial charge in [0, 0.05) is 49.7 Å². The number of hydrogen-bond acceptors (Lipinski definition) is 3. The fourth-order valence-electron chi connectivity index (χ4n) is 3.03. The lowest BCUT2D eigenvalue weighted by Gasteiger charge is -2.36. The fourth-order valence-corrected chi connectivity index (χ4v) is 3.03. The van der Waals surface area contributed by atoms with E-state index < -0.39 is 35.4 Å². The maximum Gasteiger partial charge on any atom is 0.318 e. The smallest absolute Gasteiger partial charge is 0.318 e. The zero-order chi connectivity index (χ0) is 21.0. The molecule has 3 rings (SSSR count). The lowest BCUT2D eigenvalue weighted by Crippen LogP contribution is -2.54. The quantitative estimate of drug-likeness (QED) is 0.768. The molecule has 0 bridgehead atoms. The summed E-state index contributed by atoms with van der Waals surface area (Å²) >= 11 is 0. The topological polar surface area (TPSA) is 64.7 Å². The number of carbonyl (C=O) groups is 2. The monoisotopic (exact) mass is 406 g/mol. The Labute approximate surface area is 166 Å². The third-order valence-electron chi connectivity index (χ3n) is 4.67. The summed E-state index contributed by atoms with van der Waals surface area (Å²) in [5, 5.41) is 4.82. The van der Waals surface area contributed by atoms with Crippen LogP contribution in [0.15, 0.2) is 42.5 Å². The molecule has 6 nitrogen and oxygen atoms in total. The molecule has 1 aliphatic heterocycles. The van der Waals surface area contributed by atoms with Crippen LogP contribution < -0.4 is 15.5 Å². The highest BCUT2D eigenvalue weighted by atomic mass is 19.2. The van der Waals surface area contributed by atoms with Crippen LogP contribution in [-0.4, -0.2) is 49.1 Å². The number of urea groups is 1. The van der Waals surface area contributed by atoms with Gasteiger partial charge in [0.1, 0.15) is 6.04 Å². The first-order valence-electron chi connectivity index (χ1n) is 9.16. The van der Waals surface area contributed by atoms with Crippen LogP contribution in [0.2, 0.25) is 0 Å². The zero-order valence-corrected chi connectivity index (χ0v) is 15.8. The Bertz CT molecular complexity index is 864. The molecule has 154 valence electrons. The van der Waals surface area contributed by atoms with Gasteiger partial charge in [-0.25, -0.2) is 18.0 Å². The lowest BCUT2D eigenvalue weighted by molar-refractivity contribution is -0.117. The van der Waals surface area contributed by atoms with Crippen molar-refractivity contribution in [2.75, 3.05) is 36.4 Å². The largest absolute Gasteiger partial charge is 0.368 e. The van der Waals surface area contributed by atoms with Crippen LogP contribution in [0.3, 0.4) is 0 Å². The van der Waals surface area contributed by atoms with Gasteiger partial charge >= 0.3 is 6.03 Å². The van der Waals surface area contributed by atoms with E-state index in [4.69, 9.17) is 0 Å². The molecule has 1 atom stereocenters. The van der Waals surface area contributed by atoms with Crippen LogP contribution in [-0.2, 0) is 4.79 Å². The van der Waals surface area contributed by atoms with E-state index in [0.717, 1.165) is 5.69 Å². The molecule has 1 aliphatic rings. The predicted octanol–water partition coefficient (Wildman–Crippen LogP) is 2.96. The number of anilines is 2. The van der Waals surface area contributed by atoms with Gasteiger partial charge in [0.2, 0.25) is 5.91 Å². The van der Waals surface area contributed by atoms with Gasteiger partial charge in [-0.1, -0.05) is 18.2 Å². The van der Waals surface area contributed by atoms with Crippen molar-refractivity contribution in [3.05, 3.63) is 59.9 Å². The molecule has 2 aromatic carbocycles. The van der Waals surface area contributed by atoms with E-state index in [-0.39, 0.29) is 5.69 Å². The van der Waals surface area contributed by atoms with Crippen molar-refractivity contribution in [3.63, 3.8) is 0 Å². The summed E-state index contributed by atoms with van der Waals surface area (Å²) in [5.74, 6) is -5.10. The SMILES string of the molecule is C[C@H](NC(=O)N1CCN(c2ccccc2)CC1)C(=O)Nc1cc(F)c(F)c(F)c1. The summed E-state index contributed by atoms with van der Waals surface area (Å²) < 4.78 is 39.5. The number of nitrogens with one attached hydrogen (secondary N) is 2. The fraction of sp³-hybridized carbons (Fsp3) is 0.300. The number of rotatable bonds is 4. The van der Waals surface area contributed by atoms with E-state index in [9.17, 15) is 22.8 Å². The van der Waals surface area contributed by atoms with Gasteiger partial charge in [0.15, 0.2) is 17.5 Å². The average molecular weight is 406 g/mol. The van der Waals surface area contributed by atoms with Crippen LogP contribution in [0.25, 0.3) is 0 Å². The predicted molar refractivity (Wildman–Crippen MR) is 103 cm³/mol. The van der Waals surface area contributed by atoms with Crippen molar-refractivity contribution < 1.29 is 22.8 Å². The number of para-hydroxylation sites is 1. The van der Waals surface area contributed by atoms with Crippen molar-refractivity contribution in [2.24, 2.45) is 0 Å². The first kappa shape index (κ1) is 20.5. The molecule has 0 unspecified atom stereocenters. The Hall–Kier alpha value is -3.23. The number of nitrogens with zero attached hydrogens (tertiary/aromatic N) is 2. The molecule has 0 aromatic heterocycles. The maximum atomic E-state index is 13.3. The van der Waals surface area contributed by atoms with Gasteiger partial charge in [-0.15, -0.1) is 0 Å². The Morgan fingerprint density at radius 2 is 1.55 bits per heavy atom. The van der Waals surface area contributed by atoms with Crippen LogP contribution in [0, 0.1) is 17.5 Å². The number of piperazine rings is 1. The minimum atomic E-state index is -1.61. The first-order chi connectivity index (χ1) is 13.8. The molecule has 0 spiro atoms. The minimum absolute atomic E-state index is 0.232. The van der Waals surface area contributed by atoms with Gasteiger partial charge in [-0.3, -0.25) is 4.79 Å². The zero-order valence-electron chi connectivity index (χ0n) is 15.8. The molecule has 0 aliphatic carbocycles. The second-order valence-electron chi connectivity index (χ2n) is 6.72. The van der Waals surface area contributed by atoms with Crippen molar-refractivity contribution in [1.82, 2.24) is 10.2 Å². The van der Waals surface area contributed by atoms with Gasteiger partial charge in [0.05, 0.1) is 0 Å². The molecule has 3 amide bonds. The highest BCUT2D eigenvalue weighted by Gasteiger charge is 2.24. The molecule has 1 fully saturated rings. The third kappa shape index (κ3) is 4.98. The summed E-state index contributed by atoms with van der Waals surface area (Å²) in [7, 11) is 0. The summed E-state index contributed by atoms with van der Waals surface area (Å²) in [4.78, 5) is 28.4. The van der Waals surface area contributed by atoms with Crippen molar-refractivity contribution in [2.45, 2.75) is 13.0 Å². The Balaban J connectivity index is 1.51. The van der Waals surface area contributed by atoms with Gasteiger partial charge in [-0.05, 0) is 19.1 Å². The highest BCUT2D eigenvalue weighted by molar-refractivity contribution is 5.96. The summed E-state index contributed by atoms with van der Waals surface area (Å²) in [6.07, 6.45) is 0. The Morgan fingerprint density at radius 1 is 0.966 bits per heavy atom. The van der Waals surface area contributed by atoms with Gasteiger partial charge < -0.3 is 20.4 Å². The number of carbonyl (C=O) groups excluding carboxylic acids is 2. The van der Waals surface area contributed by atoms with Crippen LogP contribution in [0.1, 0.15) is 6.92 Å². The minimum Gasteiger partial charge on any atom is -0.368 e. The maximum absolute atomic E-state index is 13.3. The van der Waals surface area contributed by atoms with E-state index in [0.29, 0.717) is 38.3 Å². The van der Waals surface area contributed by atoms with E-state index in [1.165, 1.54) is 6.92 Å². The molecule has 1 saturated heterocycles. The van der Waals surface area contributed by atoms with Crippen LogP contribution >= 0.6 is 0 Å². The summed E-state index contributed by atoms with van der Waals surface area (Å²) in [5.41, 5.74) is 0.850. The molecule has 29 heavy (non-hydrogen) atoms. The third-order valence-corrected chi connectivity index (χ3v) is 4.67. The molecular formula is C20H21F3N4O2. The molecule has 2 aromatic rings. The molecule has 0 saturated carbocycles. The van der Waals surface area contributed by atoms with E-state index in [1.807, 2.05) is 30.3 Å². The first-order valence-corrected chi connectivity index (χ1v) is 9.16. The Morgan fingerprint density at radius 3 is 2.14 bits per heavy atom. The van der Waals surface area contributed by atoms with Crippen LogP contribution in [0.5, 0.6) is 0 Å². The summed E-state index contributed by atoms with van der Waals surface area (Å²) in [6.45, 7) is 3.74. The second kappa shape index (κ2) is 8.85. The van der Waals surface area contributed by atoms with Crippen molar-refractivity contribution >= 4 is 23.3 Å². The van der Waals surface area contributed by atoms with Crippen molar-refractivity contribution in [1.29, 1.82) is 0 Å². The van der Waals surface area contributed by atoms with E-state index in [1.54, 1.807) is 4.90 Å². The number of hydrogen-bond donors (Lipinski definition) is 2. The molecule has 0 radical (unpaired) electrons. The standard InChI is InChI=1S/C20H21F3N4O2/c1-13(19(28)25-14-11-16(21)18(23)17(22)12-14)24-20(29)27-9-7-26(8-10-27)15-5-3-2-4-6-15/h2-6,11-13H,7-10H2,1H3,(H,24,29)(H,25,28)/t13-/m0/s1. The van der Waals surface area contributed by atoms with Crippen LogP contribution in [0.4, 0.5) is 29.3 Å². The number of benzene rings is 2. The van der Waals surface area contributed by atoms with Gasteiger partial charge in [0.25, 0.3) is 0 Å². The van der Waals surface area contributed by atoms with E-state index >= 15 is 0 Å². The lowest BCUT2D eigenvalue weighted by atomic mass is 10.2. The van der Waals surface area contributed by atoms with Gasteiger partial charge in [-0.2, -0.15) is 0 Å². The number of halogens is 3. The van der Waals surface area contributed by atoms with Crippen molar-refractivity contribution in [3.8, 4) is 0 Å². The molecule has 2 N–H and O–H groups in total. The van der Waals surface area contributed by atoms with E-state index in [2.05, 4.69) is 15.5 Å². The normalized spacial score (nSPS) is 15.0. The second-order valence-corrected chi connectivity index (χ2v) is 6.72. The molecular weight excluding hydrogens is 385 g/mol. The highest BCUT2D eigenvalue weighted by Crippen LogP contribution is 2.18. The molecule has 1 heterocycles. The average Bonchev–Trinajstić information content (AvgIpc) is 2.72.